The Morgan fingerprint density at radius 1 is 0.720 bits per heavy atom. The number of benzene rings is 2. The topological polar surface area (TPSA) is 161 Å². The van der Waals surface area contributed by atoms with Crippen LogP contribution in [0.15, 0.2) is 46.2 Å². The zero-order valence-corrected chi connectivity index (χ0v) is 14.7. The van der Waals surface area contributed by atoms with E-state index >= 15 is 0 Å². The van der Waals surface area contributed by atoms with E-state index in [0.717, 1.165) is 12.1 Å². The number of hydrogen-bond donors (Lipinski definition) is 5. The van der Waals surface area contributed by atoms with Crippen LogP contribution >= 0.6 is 0 Å². The monoisotopic (exact) mass is 393 g/mol. The number of hydrogen-bond acceptors (Lipinski definition) is 7. The van der Waals surface area contributed by atoms with E-state index in [1.807, 2.05) is 0 Å². The van der Waals surface area contributed by atoms with E-state index in [4.69, 9.17) is 19.3 Å². The van der Waals surface area contributed by atoms with Crippen LogP contribution in [0.1, 0.15) is 0 Å². The summed E-state index contributed by atoms with van der Waals surface area (Å²) in [6.45, 7) is 1.42. The Bertz CT molecular complexity index is 834. The third kappa shape index (κ3) is 6.32. The number of aliphatic hydroxyl groups excluding tert-OH is 2. The van der Waals surface area contributed by atoms with Gasteiger partial charge in [0.25, 0.3) is 20.2 Å². The summed E-state index contributed by atoms with van der Waals surface area (Å²) in [4.78, 5) is -0.823. The molecule has 0 heterocycles. The summed E-state index contributed by atoms with van der Waals surface area (Å²) in [5.74, 6) is 0. The van der Waals surface area contributed by atoms with Crippen molar-refractivity contribution in [3.63, 3.8) is 0 Å². The van der Waals surface area contributed by atoms with Gasteiger partial charge in [-0.05, 0) is 12.1 Å². The van der Waals surface area contributed by atoms with Crippen molar-refractivity contribution in [2.24, 2.45) is 0 Å². The molecule has 0 atom stereocenters. The SMILES string of the molecule is O=S(=O)(O)c1cccc2c(S(=O)(=O)O)cccc12.OCCNCCO. The Labute approximate surface area is 145 Å². The molecule has 0 spiro atoms. The van der Waals surface area contributed by atoms with Crippen molar-refractivity contribution < 1.29 is 36.2 Å². The van der Waals surface area contributed by atoms with Gasteiger partial charge in [0.1, 0.15) is 9.79 Å². The molecule has 0 aliphatic carbocycles. The van der Waals surface area contributed by atoms with E-state index in [-0.39, 0.29) is 24.0 Å². The molecule has 0 radical (unpaired) electrons. The second kappa shape index (κ2) is 9.20. The van der Waals surface area contributed by atoms with Gasteiger partial charge in [-0.25, -0.2) is 0 Å². The van der Waals surface area contributed by atoms with Crippen molar-refractivity contribution in [2.45, 2.75) is 9.79 Å². The molecule has 0 aromatic heterocycles. The van der Waals surface area contributed by atoms with Crippen LogP contribution in [0.25, 0.3) is 10.8 Å². The van der Waals surface area contributed by atoms with Crippen LogP contribution in [0.5, 0.6) is 0 Å². The number of nitrogens with one attached hydrogen (secondary N) is 1. The summed E-state index contributed by atoms with van der Waals surface area (Å²) in [5.41, 5.74) is 0. The minimum atomic E-state index is -4.47. The predicted octanol–water partition coefficient (Wildman–Crippen LogP) is -0.106. The summed E-state index contributed by atoms with van der Waals surface area (Å²) in [7, 11) is -8.94. The third-order valence-electron chi connectivity index (χ3n) is 2.98. The molecule has 0 amide bonds. The number of rotatable bonds is 6. The molecule has 2 rings (SSSR count). The molecule has 2 aromatic carbocycles. The molecule has 0 aliphatic rings. The first-order chi connectivity index (χ1) is 11.6. The van der Waals surface area contributed by atoms with Crippen LogP contribution in [-0.4, -0.2) is 62.5 Å². The molecular weight excluding hydrogens is 374 g/mol. The van der Waals surface area contributed by atoms with Gasteiger partial charge in [-0.15, -0.1) is 0 Å². The highest BCUT2D eigenvalue weighted by Crippen LogP contribution is 2.27. The zero-order chi connectivity index (χ0) is 19.1. The lowest BCUT2D eigenvalue weighted by Gasteiger charge is -2.06. The molecule has 0 saturated heterocycles. The Morgan fingerprint density at radius 2 is 1.08 bits per heavy atom. The average molecular weight is 393 g/mol. The van der Waals surface area contributed by atoms with E-state index in [2.05, 4.69) is 5.32 Å². The maximum absolute atomic E-state index is 11.2. The highest BCUT2D eigenvalue weighted by Gasteiger charge is 2.18. The smallest absolute Gasteiger partial charge is 0.295 e. The van der Waals surface area contributed by atoms with Crippen LogP contribution in [-0.2, 0) is 20.2 Å². The first kappa shape index (κ1) is 21.4. The van der Waals surface area contributed by atoms with E-state index in [0.29, 0.717) is 13.1 Å². The summed E-state index contributed by atoms with van der Waals surface area (Å²) < 4.78 is 62.7. The molecule has 140 valence electrons. The largest absolute Gasteiger partial charge is 0.395 e. The van der Waals surface area contributed by atoms with Gasteiger partial charge in [-0.1, -0.05) is 24.3 Å². The fourth-order valence-electron chi connectivity index (χ4n) is 1.99. The maximum atomic E-state index is 11.2. The van der Waals surface area contributed by atoms with Gasteiger partial charge in [-0.3, -0.25) is 9.11 Å². The predicted molar refractivity (Wildman–Crippen MR) is 90.6 cm³/mol. The molecule has 9 nitrogen and oxygen atoms in total. The van der Waals surface area contributed by atoms with Gasteiger partial charge in [-0.2, -0.15) is 16.8 Å². The Balaban J connectivity index is 0.000000381. The third-order valence-corrected chi connectivity index (χ3v) is 4.80. The van der Waals surface area contributed by atoms with Crippen LogP contribution in [0.3, 0.4) is 0 Å². The summed E-state index contributed by atoms with van der Waals surface area (Å²) >= 11 is 0. The van der Waals surface area contributed by atoms with Gasteiger partial charge in [0.05, 0.1) is 13.2 Å². The first-order valence-corrected chi connectivity index (χ1v) is 9.90. The Kier molecular flexibility index (Phi) is 7.89. The second-order valence-electron chi connectivity index (χ2n) is 4.75. The fourth-order valence-corrected chi connectivity index (χ4v) is 3.40. The van der Waals surface area contributed by atoms with Gasteiger partial charge >= 0.3 is 0 Å². The minimum Gasteiger partial charge on any atom is -0.395 e. The molecule has 0 unspecified atom stereocenters. The van der Waals surface area contributed by atoms with E-state index in [1.165, 1.54) is 24.3 Å². The molecule has 5 N–H and O–H groups in total. The summed E-state index contributed by atoms with van der Waals surface area (Å²) in [6, 6.07) is 7.53. The lowest BCUT2D eigenvalue weighted by Crippen LogP contribution is -2.21. The van der Waals surface area contributed by atoms with Gasteiger partial charge < -0.3 is 15.5 Å². The van der Waals surface area contributed by atoms with Crippen LogP contribution < -0.4 is 5.32 Å². The molecular formula is C14H19NO8S2. The summed E-state index contributed by atoms with van der Waals surface area (Å²) in [6.07, 6.45) is 0. The normalized spacial score (nSPS) is 11.8. The zero-order valence-electron chi connectivity index (χ0n) is 13.0. The Hall–Kier alpha value is -1.60. The molecule has 0 bridgehead atoms. The van der Waals surface area contributed by atoms with Crippen LogP contribution in [0.4, 0.5) is 0 Å². The lowest BCUT2D eigenvalue weighted by molar-refractivity contribution is 0.266. The highest BCUT2D eigenvalue weighted by molar-refractivity contribution is 7.86. The Morgan fingerprint density at radius 3 is 1.36 bits per heavy atom. The van der Waals surface area contributed by atoms with Crippen molar-refractivity contribution in [1.29, 1.82) is 0 Å². The lowest BCUT2D eigenvalue weighted by atomic mass is 10.1. The molecule has 0 saturated carbocycles. The van der Waals surface area contributed by atoms with Crippen molar-refractivity contribution in [3.8, 4) is 0 Å². The van der Waals surface area contributed by atoms with E-state index in [1.54, 1.807) is 0 Å². The maximum Gasteiger partial charge on any atom is 0.295 e. The van der Waals surface area contributed by atoms with E-state index in [9.17, 15) is 16.8 Å². The van der Waals surface area contributed by atoms with Crippen molar-refractivity contribution >= 4 is 31.0 Å². The summed E-state index contributed by atoms with van der Waals surface area (Å²) in [5, 5.41) is 19.1. The quantitative estimate of drug-likeness (QED) is 0.333. The van der Waals surface area contributed by atoms with Gasteiger partial charge in [0, 0.05) is 23.9 Å². The fraction of sp³-hybridized carbons (Fsp3) is 0.286. The molecule has 0 aliphatic heterocycles. The molecule has 2 aromatic rings. The van der Waals surface area contributed by atoms with Crippen molar-refractivity contribution in [2.75, 3.05) is 26.3 Å². The van der Waals surface area contributed by atoms with Gasteiger partial charge in [0.2, 0.25) is 0 Å². The van der Waals surface area contributed by atoms with Crippen molar-refractivity contribution in [3.05, 3.63) is 36.4 Å². The van der Waals surface area contributed by atoms with Crippen LogP contribution in [0, 0.1) is 0 Å². The first-order valence-electron chi connectivity index (χ1n) is 7.02. The number of fused-ring (bicyclic) bond motifs is 1. The van der Waals surface area contributed by atoms with Gasteiger partial charge in [0.15, 0.2) is 0 Å². The number of aliphatic hydroxyl groups is 2. The highest BCUT2D eigenvalue weighted by atomic mass is 32.2. The molecule has 25 heavy (non-hydrogen) atoms. The minimum absolute atomic E-state index is 0.0233. The molecule has 0 fully saturated rings. The standard InChI is InChI=1S/C10H8O6S2.C4H11NO2/c11-17(12,13)9-5-1-3-7-8(9)4-2-6-10(7)18(14,15)16;6-3-1-5-2-4-7/h1-6H,(H,11,12,13)(H,14,15,16);5-7H,1-4H2. The molecule has 11 heteroatoms. The van der Waals surface area contributed by atoms with E-state index < -0.39 is 30.0 Å². The average Bonchev–Trinajstić information content (AvgIpc) is 2.53. The second-order valence-corrected chi connectivity index (χ2v) is 7.53. The van der Waals surface area contributed by atoms with Crippen molar-refractivity contribution in [1.82, 2.24) is 5.32 Å². The van der Waals surface area contributed by atoms with Crippen LogP contribution in [0.2, 0.25) is 0 Å².